The number of carbonyl (C=O) groups is 1. The molecule has 0 saturated carbocycles. The van der Waals surface area contributed by atoms with Gasteiger partial charge < -0.3 is 9.84 Å². The molecule has 0 radical (unpaired) electrons. The van der Waals surface area contributed by atoms with Gasteiger partial charge in [-0.2, -0.15) is 0 Å². The van der Waals surface area contributed by atoms with Crippen LogP contribution in [0, 0.1) is 5.41 Å². The summed E-state index contributed by atoms with van der Waals surface area (Å²) in [5.41, 5.74) is -0.0288. The Labute approximate surface area is 66.7 Å². The van der Waals surface area contributed by atoms with Crippen molar-refractivity contribution in [1.82, 2.24) is 0 Å². The molecule has 0 saturated heterocycles. The molecule has 0 amide bonds. The molecule has 0 aromatic rings. The first-order chi connectivity index (χ1) is 4.95. The van der Waals surface area contributed by atoms with Crippen molar-refractivity contribution in [3.8, 4) is 0 Å². The highest BCUT2D eigenvalue weighted by Gasteiger charge is 2.11. The van der Waals surface area contributed by atoms with Crippen LogP contribution in [0.1, 0.15) is 20.8 Å². The second kappa shape index (κ2) is 4.01. The van der Waals surface area contributed by atoms with Crippen LogP contribution in [0.3, 0.4) is 0 Å². The Morgan fingerprint density at radius 3 is 2.45 bits per heavy atom. The number of hydrogen-bond acceptors (Lipinski definition) is 3. The summed E-state index contributed by atoms with van der Waals surface area (Å²) in [4.78, 5) is 10.6. The lowest BCUT2D eigenvalue weighted by molar-refractivity contribution is -0.140. The molecule has 0 heterocycles. The second-order valence-corrected chi connectivity index (χ2v) is 3.48. The summed E-state index contributed by atoms with van der Waals surface area (Å²) < 4.78 is 4.76. The maximum absolute atomic E-state index is 10.6. The predicted molar refractivity (Wildman–Crippen MR) is 42.2 cm³/mol. The average Bonchev–Trinajstić information content (AvgIpc) is 1.83. The maximum atomic E-state index is 10.6. The van der Waals surface area contributed by atoms with E-state index >= 15 is 0 Å². The van der Waals surface area contributed by atoms with Crippen molar-refractivity contribution >= 4 is 5.97 Å². The van der Waals surface area contributed by atoms with E-state index in [-0.39, 0.29) is 5.41 Å². The molecule has 0 aliphatic carbocycles. The van der Waals surface area contributed by atoms with Crippen LogP contribution in [-0.2, 0) is 9.53 Å². The molecule has 3 nitrogen and oxygen atoms in total. The van der Waals surface area contributed by atoms with Crippen molar-refractivity contribution in [2.24, 2.45) is 5.41 Å². The smallest absolute Gasteiger partial charge is 0.333 e. The van der Waals surface area contributed by atoms with Crippen molar-refractivity contribution in [1.29, 1.82) is 0 Å². The van der Waals surface area contributed by atoms with Crippen LogP contribution in [0.4, 0.5) is 0 Å². The lowest BCUT2D eigenvalue weighted by Crippen LogP contribution is -2.17. The number of aliphatic hydroxyl groups is 1. The van der Waals surface area contributed by atoms with Crippen molar-refractivity contribution in [2.45, 2.75) is 20.8 Å². The quantitative estimate of drug-likeness (QED) is 0.377. The maximum Gasteiger partial charge on any atom is 0.333 e. The normalized spacial score (nSPS) is 11.9. The van der Waals surface area contributed by atoms with Gasteiger partial charge in [-0.1, -0.05) is 20.8 Å². The van der Waals surface area contributed by atoms with E-state index < -0.39 is 5.97 Å². The minimum absolute atomic E-state index is 0.0288. The highest BCUT2D eigenvalue weighted by molar-refractivity contribution is 5.81. The van der Waals surface area contributed by atoms with Crippen LogP contribution >= 0.6 is 0 Å². The molecule has 0 unspecified atom stereocenters. The van der Waals surface area contributed by atoms with Crippen molar-refractivity contribution in [2.75, 3.05) is 6.61 Å². The van der Waals surface area contributed by atoms with E-state index in [9.17, 15) is 4.79 Å². The van der Waals surface area contributed by atoms with Gasteiger partial charge >= 0.3 is 5.97 Å². The van der Waals surface area contributed by atoms with Gasteiger partial charge in [0.15, 0.2) is 0 Å². The van der Waals surface area contributed by atoms with E-state index in [1.807, 2.05) is 20.8 Å². The molecule has 0 atom stereocenters. The van der Waals surface area contributed by atoms with Gasteiger partial charge in [0.2, 0.25) is 0 Å². The Balaban J connectivity index is 3.63. The monoisotopic (exact) mass is 158 g/mol. The zero-order chi connectivity index (χ0) is 8.91. The Kier molecular flexibility index (Phi) is 3.65. The van der Waals surface area contributed by atoms with E-state index in [1.165, 1.54) is 0 Å². The zero-order valence-electron chi connectivity index (χ0n) is 7.13. The standard InChI is InChI=1S/C8H14O3/c1-8(2,3)6-11-7(10)4-5-9/h4-5,9H,6H2,1-3H3/b5-4+. The molecule has 0 aliphatic heterocycles. The minimum atomic E-state index is -0.512. The number of carbonyl (C=O) groups excluding carboxylic acids is 1. The minimum Gasteiger partial charge on any atom is -0.515 e. The van der Waals surface area contributed by atoms with Gasteiger partial charge in [0.1, 0.15) is 0 Å². The van der Waals surface area contributed by atoms with Crippen LogP contribution in [-0.4, -0.2) is 17.7 Å². The van der Waals surface area contributed by atoms with Crippen LogP contribution in [0.5, 0.6) is 0 Å². The number of aliphatic hydroxyl groups excluding tert-OH is 1. The molecule has 0 aromatic carbocycles. The lowest BCUT2D eigenvalue weighted by atomic mass is 9.99. The van der Waals surface area contributed by atoms with Crippen LogP contribution in [0.2, 0.25) is 0 Å². The first-order valence-electron chi connectivity index (χ1n) is 3.43. The highest BCUT2D eigenvalue weighted by atomic mass is 16.5. The van der Waals surface area contributed by atoms with Gasteiger partial charge in [-0.3, -0.25) is 0 Å². The highest BCUT2D eigenvalue weighted by Crippen LogP contribution is 2.12. The van der Waals surface area contributed by atoms with Gasteiger partial charge in [-0.15, -0.1) is 0 Å². The van der Waals surface area contributed by atoms with E-state index in [1.54, 1.807) is 0 Å². The molecule has 0 bridgehead atoms. The van der Waals surface area contributed by atoms with Crippen molar-refractivity contribution in [3.63, 3.8) is 0 Å². The SMILES string of the molecule is CC(C)(C)COC(=O)/C=C/O. The number of hydrogen-bond donors (Lipinski definition) is 1. The van der Waals surface area contributed by atoms with Crippen molar-refractivity contribution in [3.05, 3.63) is 12.3 Å². The third kappa shape index (κ3) is 6.90. The molecule has 0 aromatic heterocycles. The average molecular weight is 158 g/mol. The first-order valence-corrected chi connectivity index (χ1v) is 3.43. The largest absolute Gasteiger partial charge is 0.515 e. The van der Waals surface area contributed by atoms with Gasteiger partial charge in [0, 0.05) is 0 Å². The molecule has 0 aliphatic rings. The fourth-order valence-corrected chi connectivity index (χ4v) is 0.397. The topological polar surface area (TPSA) is 46.5 Å². The Bertz CT molecular complexity index is 153. The van der Waals surface area contributed by atoms with Gasteiger partial charge in [-0.05, 0) is 5.41 Å². The molecule has 64 valence electrons. The fourth-order valence-electron chi connectivity index (χ4n) is 0.397. The molecule has 0 fully saturated rings. The molecule has 1 N–H and O–H groups in total. The van der Waals surface area contributed by atoms with Crippen LogP contribution in [0.25, 0.3) is 0 Å². The summed E-state index contributed by atoms with van der Waals surface area (Å²) in [6.07, 6.45) is 1.65. The summed E-state index contributed by atoms with van der Waals surface area (Å²) in [6.45, 7) is 6.24. The predicted octanol–water partition coefficient (Wildman–Crippen LogP) is 1.65. The van der Waals surface area contributed by atoms with E-state index in [2.05, 4.69) is 0 Å². The summed E-state index contributed by atoms with van der Waals surface area (Å²) in [5, 5.41) is 8.18. The fraction of sp³-hybridized carbons (Fsp3) is 0.625. The summed E-state index contributed by atoms with van der Waals surface area (Å²) >= 11 is 0. The van der Waals surface area contributed by atoms with E-state index in [0.717, 1.165) is 6.08 Å². The first kappa shape index (κ1) is 10.0. The molecular weight excluding hydrogens is 144 g/mol. The number of rotatable bonds is 2. The summed E-state index contributed by atoms with van der Waals surface area (Å²) in [5.74, 6) is -0.512. The zero-order valence-corrected chi connectivity index (χ0v) is 7.13. The Morgan fingerprint density at radius 2 is 2.09 bits per heavy atom. The lowest BCUT2D eigenvalue weighted by Gasteiger charge is -2.16. The summed E-state index contributed by atoms with van der Waals surface area (Å²) in [6, 6.07) is 0. The number of esters is 1. The van der Waals surface area contributed by atoms with Crippen molar-refractivity contribution < 1.29 is 14.6 Å². The Hall–Kier alpha value is -0.990. The molecule has 0 spiro atoms. The number of ether oxygens (including phenoxy) is 1. The van der Waals surface area contributed by atoms with Crippen LogP contribution in [0.15, 0.2) is 12.3 Å². The second-order valence-electron chi connectivity index (χ2n) is 3.48. The molecular formula is C8H14O3. The van der Waals surface area contributed by atoms with Crippen LogP contribution < -0.4 is 0 Å². The summed E-state index contributed by atoms with van der Waals surface area (Å²) in [7, 11) is 0. The molecule has 3 heteroatoms. The third-order valence-corrected chi connectivity index (χ3v) is 0.858. The Morgan fingerprint density at radius 1 is 1.55 bits per heavy atom. The van der Waals surface area contributed by atoms with Gasteiger partial charge in [0.05, 0.1) is 18.9 Å². The third-order valence-electron chi connectivity index (χ3n) is 0.858. The van der Waals surface area contributed by atoms with Gasteiger partial charge in [-0.25, -0.2) is 4.79 Å². The van der Waals surface area contributed by atoms with E-state index in [4.69, 9.17) is 9.84 Å². The van der Waals surface area contributed by atoms with E-state index in [0.29, 0.717) is 12.9 Å². The van der Waals surface area contributed by atoms with Gasteiger partial charge in [0.25, 0.3) is 0 Å². The molecule has 11 heavy (non-hydrogen) atoms. The molecule has 0 rings (SSSR count).